The lowest BCUT2D eigenvalue weighted by molar-refractivity contribution is 0.102. The van der Waals surface area contributed by atoms with Crippen molar-refractivity contribution in [2.75, 3.05) is 5.32 Å². The van der Waals surface area contributed by atoms with Crippen molar-refractivity contribution in [1.29, 1.82) is 0 Å². The zero-order valence-corrected chi connectivity index (χ0v) is 13.2. The van der Waals surface area contributed by atoms with Crippen LogP contribution >= 0.6 is 11.3 Å². The Morgan fingerprint density at radius 1 is 1.30 bits per heavy atom. The highest BCUT2D eigenvalue weighted by atomic mass is 32.1. The van der Waals surface area contributed by atoms with Crippen molar-refractivity contribution in [2.24, 2.45) is 0 Å². The van der Waals surface area contributed by atoms with E-state index in [0.717, 1.165) is 11.1 Å². The number of aliphatic hydroxyl groups excluding tert-OH is 1. The first-order valence-electron chi connectivity index (χ1n) is 6.92. The highest BCUT2D eigenvalue weighted by molar-refractivity contribution is 7.13. The molecule has 0 aliphatic heterocycles. The molecule has 23 heavy (non-hydrogen) atoms. The van der Waals surface area contributed by atoms with Crippen LogP contribution in [0.1, 0.15) is 21.6 Å². The van der Waals surface area contributed by atoms with Gasteiger partial charge in [0.25, 0.3) is 5.91 Å². The van der Waals surface area contributed by atoms with E-state index in [1.165, 1.54) is 11.3 Å². The monoisotopic (exact) mass is 326 g/mol. The molecule has 1 aromatic carbocycles. The molecule has 7 heteroatoms. The fourth-order valence-electron chi connectivity index (χ4n) is 1.98. The van der Waals surface area contributed by atoms with Crippen molar-refractivity contribution in [3.63, 3.8) is 0 Å². The second kappa shape index (κ2) is 6.64. The van der Waals surface area contributed by atoms with Crippen LogP contribution in [-0.4, -0.2) is 26.0 Å². The number of amides is 1. The summed E-state index contributed by atoms with van der Waals surface area (Å²) in [7, 11) is 0. The molecule has 3 aromatic rings. The van der Waals surface area contributed by atoms with E-state index in [2.05, 4.69) is 20.3 Å². The second-order valence-corrected chi connectivity index (χ2v) is 5.73. The van der Waals surface area contributed by atoms with Gasteiger partial charge in [0.2, 0.25) is 0 Å². The Kier molecular flexibility index (Phi) is 4.40. The zero-order valence-electron chi connectivity index (χ0n) is 12.4. The van der Waals surface area contributed by atoms with Crippen molar-refractivity contribution in [2.45, 2.75) is 13.5 Å². The van der Waals surface area contributed by atoms with Gasteiger partial charge in [-0.25, -0.2) is 15.0 Å². The molecule has 116 valence electrons. The summed E-state index contributed by atoms with van der Waals surface area (Å²) in [6.07, 6.45) is 3.26. The Morgan fingerprint density at radius 3 is 2.83 bits per heavy atom. The quantitative estimate of drug-likeness (QED) is 0.769. The van der Waals surface area contributed by atoms with Gasteiger partial charge in [0, 0.05) is 23.5 Å². The molecule has 2 N–H and O–H groups in total. The lowest BCUT2D eigenvalue weighted by Gasteiger charge is -2.08. The molecule has 1 amide bonds. The Hall–Kier alpha value is -2.64. The predicted octanol–water partition coefficient (Wildman–Crippen LogP) is 2.65. The maximum atomic E-state index is 12.3. The fraction of sp³-hybridized carbons (Fsp3) is 0.125. The van der Waals surface area contributed by atoms with Gasteiger partial charge in [-0.05, 0) is 30.2 Å². The smallest absolute Gasteiger partial charge is 0.275 e. The average Bonchev–Trinajstić information content (AvgIpc) is 3.08. The minimum Gasteiger partial charge on any atom is -0.392 e. The van der Waals surface area contributed by atoms with Crippen LogP contribution in [0.15, 0.2) is 42.0 Å². The number of hydrogen-bond acceptors (Lipinski definition) is 6. The number of benzene rings is 1. The Morgan fingerprint density at radius 2 is 2.09 bits per heavy atom. The van der Waals surface area contributed by atoms with E-state index in [1.54, 1.807) is 29.9 Å². The third kappa shape index (κ3) is 3.41. The van der Waals surface area contributed by atoms with Crippen molar-refractivity contribution >= 4 is 22.9 Å². The van der Waals surface area contributed by atoms with E-state index < -0.39 is 0 Å². The average molecular weight is 326 g/mol. The molecule has 3 rings (SSSR count). The molecule has 2 aromatic heterocycles. The number of anilines is 1. The van der Waals surface area contributed by atoms with Gasteiger partial charge in [0.15, 0.2) is 10.8 Å². The number of rotatable bonds is 4. The first-order chi connectivity index (χ1) is 11.2. The molecule has 0 bridgehead atoms. The number of hydrogen-bond donors (Lipinski definition) is 2. The Bertz CT molecular complexity index is 833. The van der Waals surface area contributed by atoms with Crippen LogP contribution in [0, 0.1) is 6.92 Å². The Labute approximate surface area is 136 Å². The molecule has 0 unspecified atom stereocenters. The summed E-state index contributed by atoms with van der Waals surface area (Å²) in [5.74, 6) is 0.191. The van der Waals surface area contributed by atoms with Crippen LogP contribution in [-0.2, 0) is 6.61 Å². The minimum atomic E-state index is -0.304. The highest BCUT2D eigenvalue weighted by Gasteiger charge is 2.14. The maximum Gasteiger partial charge on any atom is 0.275 e. The normalized spacial score (nSPS) is 10.5. The van der Waals surface area contributed by atoms with Gasteiger partial charge in [-0.15, -0.1) is 11.3 Å². The summed E-state index contributed by atoms with van der Waals surface area (Å²) in [5, 5.41) is 14.3. The lowest BCUT2D eigenvalue weighted by atomic mass is 10.1. The second-order valence-electron chi connectivity index (χ2n) is 4.87. The van der Waals surface area contributed by atoms with Crippen LogP contribution in [0.25, 0.3) is 10.8 Å². The van der Waals surface area contributed by atoms with Crippen molar-refractivity contribution in [1.82, 2.24) is 15.0 Å². The number of nitrogens with one attached hydrogen (secondary N) is 1. The van der Waals surface area contributed by atoms with Crippen LogP contribution in [0.4, 0.5) is 5.69 Å². The van der Waals surface area contributed by atoms with Crippen LogP contribution in [0.5, 0.6) is 0 Å². The number of aromatic nitrogens is 3. The topological polar surface area (TPSA) is 88.0 Å². The number of aryl methyl sites for hydroxylation is 1. The van der Waals surface area contributed by atoms with E-state index >= 15 is 0 Å². The van der Waals surface area contributed by atoms with Gasteiger partial charge >= 0.3 is 0 Å². The minimum absolute atomic E-state index is 0.0741. The maximum absolute atomic E-state index is 12.3. The number of nitrogens with zero attached hydrogens (tertiary/aromatic N) is 3. The molecule has 0 saturated carbocycles. The number of thiazole rings is 1. The third-order valence-electron chi connectivity index (χ3n) is 3.23. The van der Waals surface area contributed by atoms with Gasteiger partial charge in [-0.1, -0.05) is 12.1 Å². The third-order valence-corrected chi connectivity index (χ3v) is 4.06. The van der Waals surface area contributed by atoms with Gasteiger partial charge in [0.1, 0.15) is 5.69 Å². The van der Waals surface area contributed by atoms with Crippen LogP contribution in [0.3, 0.4) is 0 Å². The molecule has 2 heterocycles. The summed E-state index contributed by atoms with van der Waals surface area (Å²) < 4.78 is 0. The van der Waals surface area contributed by atoms with Crippen LogP contribution < -0.4 is 5.32 Å². The zero-order chi connectivity index (χ0) is 16.2. The molecule has 0 fully saturated rings. The standard InChI is InChI=1S/C16H14N4O2S/c1-10-3-4-11(8-21)7-12(10)19-15(22)13-9-23-16(20-13)14-17-5-2-6-18-14/h2-7,9,21H,8H2,1H3,(H,19,22). The molecular weight excluding hydrogens is 312 g/mol. The molecule has 0 spiro atoms. The SMILES string of the molecule is Cc1ccc(CO)cc1NC(=O)c1csc(-c2ncccn2)n1. The predicted molar refractivity (Wildman–Crippen MR) is 88.2 cm³/mol. The molecule has 0 saturated heterocycles. The highest BCUT2D eigenvalue weighted by Crippen LogP contribution is 2.22. The molecular formula is C16H14N4O2S. The van der Waals surface area contributed by atoms with E-state index in [-0.39, 0.29) is 12.5 Å². The number of aliphatic hydroxyl groups is 1. The summed E-state index contributed by atoms with van der Waals surface area (Å²) in [5.41, 5.74) is 2.62. The summed E-state index contributed by atoms with van der Waals surface area (Å²) in [6, 6.07) is 7.15. The van der Waals surface area contributed by atoms with Crippen molar-refractivity contribution in [3.8, 4) is 10.8 Å². The van der Waals surface area contributed by atoms with Crippen LogP contribution in [0.2, 0.25) is 0 Å². The fourth-order valence-corrected chi connectivity index (χ4v) is 2.72. The largest absolute Gasteiger partial charge is 0.392 e. The molecule has 6 nitrogen and oxygen atoms in total. The summed E-state index contributed by atoms with van der Waals surface area (Å²) in [6.45, 7) is 1.82. The first-order valence-corrected chi connectivity index (χ1v) is 7.80. The number of carbonyl (C=O) groups is 1. The first kappa shape index (κ1) is 15.3. The van der Waals surface area contributed by atoms with Gasteiger partial charge in [-0.2, -0.15) is 0 Å². The van der Waals surface area contributed by atoms with E-state index in [0.29, 0.717) is 22.2 Å². The summed E-state index contributed by atoms with van der Waals surface area (Å²) >= 11 is 1.32. The van der Waals surface area contributed by atoms with Gasteiger partial charge < -0.3 is 10.4 Å². The van der Waals surface area contributed by atoms with E-state index in [9.17, 15) is 9.90 Å². The number of carbonyl (C=O) groups excluding carboxylic acids is 1. The molecule has 0 radical (unpaired) electrons. The molecule has 0 aliphatic rings. The summed E-state index contributed by atoms with van der Waals surface area (Å²) in [4.78, 5) is 24.9. The van der Waals surface area contributed by atoms with Crippen molar-refractivity contribution in [3.05, 3.63) is 58.9 Å². The van der Waals surface area contributed by atoms with E-state index in [4.69, 9.17) is 0 Å². The van der Waals surface area contributed by atoms with Gasteiger partial charge in [0.05, 0.1) is 6.61 Å². The van der Waals surface area contributed by atoms with Crippen molar-refractivity contribution < 1.29 is 9.90 Å². The molecule has 0 aliphatic carbocycles. The van der Waals surface area contributed by atoms with E-state index in [1.807, 2.05) is 19.1 Å². The molecule has 0 atom stereocenters. The lowest BCUT2D eigenvalue weighted by Crippen LogP contribution is -2.13. The Balaban J connectivity index is 1.81. The van der Waals surface area contributed by atoms with Gasteiger partial charge in [-0.3, -0.25) is 4.79 Å².